The summed E-state index contributed by atoms with van der Waals surface area (Å²) in [5.74, 6) is 0. The summed E-state index contributed by atoms with van der Waals surface area (Å²) in [4.78, 5) is 0.204. The van der Waals surface area contributed by atoms with Gasteiger partial charge in [-0.2, -0.15) is 23.0 Å². The topological polar surface area (TPSA) is 67.6 Å². The fourth-order valence-electron chi connectivity index (χ4n) is 4.73. The third-order valence-electron chi connectivity index (χ3n) is 6.71. The Bertz CT molecular complexity index is 1700. The third kappa shape index (κ3) is 4.41. The molecule has 0 saturated heterocycles. The lowest BCUT2D eigenvalue weighted by Gasteiger charge is -2.23. The molecule has 0 saturated carbocycles. The number of aromatic nitrogens is 2. The summed E-state index contributed by atoms with van der Waals surface area (Å²) in [5.41, 5.74) is 6.11. The van der Waals surface area contributed by atoms with E-state index < -0.39 is 16.1 Å². The Morgan fingerprint density at radius 1 is 0.737 bits per heavy atom. The third-order valence-corrected chi connectivity index (χ3v) is 8.41. The molecule has 188 valence electrons. The highest BCUT2D eigenvalue weighted by Crippen LogP contribution is 2.41. The highest BCUT2D eigenvalue weighted by atomic mass is 32.2. The fraction of sp³-hybridized carbons (Fsp3) is 0.0968. The van der Waals surface area contributed by atoms with Crippen LogP contribution < -0.4 is 0 Å². The number of hydrogen-bond acceptors (Lipinski definition) is 4. The highest BCUT2D eigenvalue weighted by molar-refractivity contribution is 7.89. The van der Waals surface area contributed by atoms with Gasteiger partial charge in [0.1, 0.15) is 0 Å². The van der Waals surface area contributed by atoms with E-state index in [-0.39, 0.29) is 4.90 Å². The molecular formula is C31H26N4O2S. The Morgan fingerprint density at radius 3 is 2.00 bits per heavy atom. The number of rotatable bonds is 6. The van der Waals surface area contributed by atoms with Crippen molar-refractivity contribution in [2.24, 2.45) is 5.10 Å². The maximum atomic E-state index is 14.0. The number of sulfonamides is 1. The van der Waals surface area contributed by atoms with Gasteiger partial charge in [0.25, 0.3) is 10.0 Å². The van der Waals surface area contributed by atoms with E-state index >= 15 is 0 Å². The average Bonchev–Trinajstić information content (AvgIpc) is 3.61. The van der Waals surface area contributed by atoms with Crippen LogP contribution in [0.25, 0.3) is 16.9 Å². The smallest absolute Gasteiger partial charge is 0.240 e. The van der Waals surface area contributed by atoms with E-state index in [1.165, 1.54) is 4.41 Å². The molecule has 6 rings (SSSR count). The summed E-state index contributed by atoms with van der Waals surface area (Å²) < 4.78 is 31.0. The van der Waals surface area contributed by atoms with E-state index in [2.05, 4.69) is 0 Å². The molecule has 0 N–H and O–H groups in total. The van der Waals surface area contributed by atoms with Gasteiger partial charge >= 0.3 is 0 Å². The number of hydrazone groups is 1. The highest BCUT2D eigenvalue weighted by Gasteiger charge is 2.40. The Hall–Kier alpha value is -4.49. The van der Waals surface area contributed by atoms with E-state index in [1.54, 1.807) is 30.3 Å². The molecule has 1 aliphatic heterocycles. The predicted molar refractivity (Wildman–Crippen MR) is 150 cm³/mol. The van der Waals surface area contributed by atoms with Gasteiger partial charge in [-0.3, -0.25) is 0 Å². The lowest BCUT2D eigenvalue weighted by atomic mass is 9.97. The molecule has 1 atom stereocenters. The molecule has 38 heavy (non-hydrogen) atoms. The Kier molecular flexibility index (Phi) is 6.13. The van der Waals surface area contributed by atoms with Crippen molar-refractivity contribution >= 4 is 15.7 Å². The Labute approximate surface area is 222 Å². The van der Waals surface area contributed by atoms with Crippen molar-refractivity contribution < 1.29 is 8.42 Å². The average molecular weight is 519 g/mol. The molecule has 2 heterocycles. The van der Waals surface area contributed by atoms with Crippen LogP contribution in [0.1, 0.15) is 29.2 Å². The van der Waals surface area contributed by atoms with Crippen LogP contribution in [0.5, 0.6) is 0 Å². The summed E-state index contributed by atoms with van der Waals surface area (Å²) in [5, 5.41) is 9.68. The van der Waals surface area contributed by atoms with Gasteiger partial charge in [0, 0.05) is 23.7 Å². The number of nitrogens with zero attached hydrogens (tertiary/aromatic N) is 4. The van der Waals surface area contributed by atoms with Gasteiger partial charge in [0.2, 0.25) is 0 Å². The maximum Gasteiger partial charge on any atom is 0.279 e. The maximum absolute atomic E-state index is 14.0. The standard InChI is InChI=1S/C31H26N4O2S/c1-23-17-19-25(20-18-23)31-28(22-34(33-31)26-13-7-3-8-14-26)30-21-29(24-11-5-2-6-12-24)32-35(30)38(36,37)27-15-9-4-10-16-27/h2-20,22,30H,21H2,1H3/t30-/m1/s1. The SMILES string of the molecule is Cc1ccc(-c2nn(-c3ccccc3)cc2[C@H]2CC(c3ccccc3)=NN2S(=O)(=O)c2ccccc2)cc1. The molecule has 1 aromatic heterocycles. The van der Waals surface area contributed by atoms with Crippen LogP contribution in [0.2, 0.25) is 0 Å². The first-order valence-electron chi connectivity index (χ1n) is 12.4. The molecule has 0 bridgehead atoms. The molecule has 0 fully saturated rings. The molecule has 4 aromatic carbocycles. The van der Waals surface area contributed by atoms with Crippen LogP contribution in [0.15, 0.2) is 131 Å². The zero-order valence-corrected chi connectivity index (χ0v) is 21.7. The summed E-state index contributed by atoms with van der Waals surface area (Å²) in [7, 11) is -3.93. The number of aryl methyl sites for hydroxylation is 1. The van der Waals surface area contributed by atoms with Crippen LogP contribution in [-0.2, 0) is 10.0 Å². The summed E-state index contributed by atoms with van der Waals surface area (Å²) in [6.07, 6.45) is 2.36. The van der Waals surface area contributed by atoms with Crippen molar-refractivity contribution in [2.75, 3.05) is 0 Å². The second kappa shape index (κ2) is 9.76. The second-order valence-corrected chi connectivity index (χ2v) is 11.1. The first kappa shape index (κ1) is 23.9. The van der Waals surface area contributed by atoms with Crippen molar-refractivity contribution in [2.45, 2.75) is 24.3 Å². The molecule has 1 aliphatic rings. The van der Waals surface area contributed by atoms with Gasteiger partial charge in [-0.25, -0.2) is 4.68 Å². The van der Waals surface area contributed by atoms with Crippen LogP contribution in [0.4, 0.5) is 0 Å². The van der Waals surface area contributed by atoms with Gasteiger partial charge in [0.15, 0.2) is 0 Å². The minimum absolute atomic E-state index is 0.204. The summed E-state index contributed by atoms with van der Waals surface area (Å²) in [6, 6.07) is 35.6. The van der Waals surface area contributed by atoms with Crippen LogP contribution in [0, 0.1) is 6.92 Å². The molecule has 6 nitrogen and oxygen atoms in total. The lowest BCUT2D eigenvalue weighted by molar-refractivity contribution is 0.372. The van der Waals surface area contributed by atoms with E-state index in [9.17, 15) is 8.42 Å². The van der Waals surface area contributed by atoms with E-state index in [4.69, 9.17) is 10.2 Å². The van der Waals surface area contributed by atoms with Crippen LogP contribution >= 0.6 is 0 Å². The van der Waals surface area contributed by atoms with Crippen LogP contribution in [-0.4, -0.2) is 28.3 Å². The largest absolute Gasteiger partial charge is 0.279 e. The van der Waals surface area contributed by atoms with E-state index in [0.29, 0.717) is 6.42 Å². The summed E-state index contributed by atoms with van der Waals surface area (Å²) in [6.45, 7) is 2.04. The number of hydrogen-bond donors (Lipinski definition) is 0. The Morgan fingerprint density at radius 2 is 1.34 bits per heavy atom. The number of benzene rings is 4. The van der Waals surface area contributed by atoms with Crippen LogP contribution in [0.3, 0.4) is 0 Å². The van der Waals surface area contributed by atoms with E-state index in [1.807, 2.05) is 103 Å². The zero-order chi connectivity index (χ0) is 26.1. The molecule has 5 aromatic rings. The number of para-hydroxylation sites is 1. The fourth-order valence-corrected chi connectivity index (χ4v) is 6.17. The second-order valence-electron chi connectivity index (χ2n) is 9.30. The van der Waals surface area contributed by atoms with Crippen molar-refractivity contribution in [1.82, 2.24) is 14.2 Å². The minimum atomic E-state index is -3.93. The quantitative estimate of drug-likeness (QED) is 0.262. The minimum Gasteiger partial charge on any atom is -0.240 e. The first-order valence-corrected chi connectivity index (χ1v) is 13.9. The van der Waals surface area contributed by atoms with Gasteiger partial charge in [0.05, 0.1) is 28.0 Å². The molecular weight excluding hydrogens is 492 g/mol. The molecule has 0 spiro atoms. The van der Waals surface area contributed by atoms with Crippen molar-refractivity contribution in [1.29, 1.82) is 0 Å². The Balaban J connectivity index is 1.53. The van der Waals surface area contributed by atoms with Crippen molar-refractivity contribution in [3.8, 4) is 16.9 Å². The summed E-state index contributed by atoms with van der Waals surface area (Å²) >= 11 is 0. The van der Waals surface area contributed by atoms with Crippen molar-refractivity contribution in [3.05, 3.63) is 138 Å². The van der Waals surface area contributed by atoms with Gasteiger partial charge in [-0.15, -0.1) is 0 Å². The van der Waals surface area contributed by atoms with Gasteiger partial charge < -0.3 is 0 Å². The van der Waals surface area contributed by atoms with Crippen molar-refractivity contribution in [3.63, 3.8) is 0 Å². The van der Waals surface area contributed by atoms with Gasteiger partial charge in [-0.05, 0) is 36.8 Å². The molecule has 7 heteroatoms. The lowest BCUT2D eigenvalue weighted by Crippen LogP contribution is -2.27. The monoisotopic (exact) mass is 518 g/mol. The predicted octanol–water partition coefficient (Wildman–Crippen LogP) is 6.39. The van der Waals surface area contributed by atoms with Gasteiger partial charge in [-0.1, -0.05) is 96.6 Å². The molecule has 0 unspecified atom stereocenters. The molecule has 0 aliphatic carbocycles. The first-order chi connectivity index (χ1) is 18.5. The zero-order valence-electron chi connectivity index (χ0n) is 20.8. The normalized spacial score (nSPS) is 15.4. The van der Waals surface area contributed by atoms with E-state index in [0.717, 1.165) is 39.3 Å². The molecule has 0 radical (unpaired) electrons. The molecule has 0 amide bonds.